The fourth-order valence-corrected chi connectivity index (χ4v) is 3.73. The first-order chi connectivity index (χ1) is 16.4. The monoisotopic (exact) mass is 539 g/mol. The van der Waals surface area contributed by atoms with Crippen molar-refractivity contribution in [3.8, 4) is 5.75 Å². The molecule has 1 unspecified atom stereocenters. The number of nitrogens with one attached hydrogen (secondary N) is 3. The van der Waals surface area contributed by atoms with E-state index in [0.717, 1.165) is 16.5 Å². The van der Waals surface area contributed by atoms with Gasteiger partial charge in [-0.15, -0.1) is 0 Å². The molecule has 3 rings (SSSR count). The molecule has 0 saturated carbocycles. The number of rotatable bonds is 8. The molecule has 0 aliphatic rings. The highest BCUT2D eigenvalue weighted by Gasteiger charge is 2.15. The van der Waals surface area contributed by atoms with Gasteiger partial charge in [-0.1, -0.05) is 53.2 Å². The smallest absolute Gasteiger partial charge is 0.261 e. The summed E-state index contributed by atoms with van der Waals surface area (Å²) in [6.07, 6.45) is 0.830. The average molecular weight is 540 g/mol. The van der Waals surface area contributed by atoms with Crippen LogP contribution < -0.4 is 20.7 Å². The number of carbonyl (C=O) groups excluding carboxylic acids is 2. The van der Waals surface area contributed by atoms with Crippen LogP contribution in [0.3, 0.4) is 0 Å². The highest BCUT2D eigenvalue weighted by atomic mass is 79.9. The van der Waals surface area contributed by atoms with Gasteiger partial charge in [0.1, 0.15) is 5.75 Å². The molecule has 1 atom stereocenters. The molecule has 3 aromatic rings. The van der Waals surface area contributed by atoms with E-state index in [1.165, 1.54) is 0 Å². The number of hydrogen-bond donors (Lipinski definition) is 3. The van der Waals surface area contributed by atoms with Crippen LogP contribution in [0.1, 0.15) is 52.6 Å². The van der Waals surface area contributed by atoms with E-state index in [4.69, 9.17) is 17.0 Å². The zero-order valence-electron chi connectivity index (χ0n) is 18.9. The molecule has 176 valence electrons. The summed E-state index contributed by atoms with van der Waals surface area (Å²) in [5.74, 6) is -0.0608. The van der Waals surface area contributed by atoms with Crippen LogP contribution in [-0.4, -0.2) is 23.5 Å². The first kappa shape index (κ1) is 25.4. The molecule has 0 saturated heterocycles. The van der Waals surface area contributed by atoms with E-state index in [0.29, 0.717) is 29.2 Å². The van der Waals surface area contributed by atoms with Crippen molar-refractivity contribution in [3.63, 3.8) is 0 Å². The lowest BCUT2D eigenvalue weighted by molar-refractivity contribution is 0.0938. The molecule has 0 heterocycles. The molecular formula is C26H26BrN3O3S. The Morgan fingerprint density at radius 2 is 1.71 bits per heavy atom. The highest BCUT2D eigenvalue weighted by Crippen LogP contribution is 2.23. The van der Waals surface area contributed by atoms with Crippen LogP contribution in [0.25, 0.3) is 0 Å². The van der Waals surface area contributed by atoms with Gasteiger partial charge < -0.3 is 15.4 Å². The fraction of sp³-hybridized carbons (Fsp3) is 0.192. The molecular weight excluding hydrogens is 514 g/mol. The largest absolute Gasteiger partial charge is 0.493 e. The summed E-state index contributed by atoms with van der Waals surface area (Å²) in [4.78, 5) is 25.3. The minimum atomic E-state index is -0.379. The van der Waals surface area contributed by atoms with Crippen molar-refractivity contribution in [2.24, 2.45) is 0 Å². The van der Waals surface area contributed by atoms with Gasteiger partial charge in [-0.25, -0.2) is 0 Å². The average Bonchev–Trinajstić information content (AvgIpc) is 2.84. The molecule has 2 amide bonds. The Labute approximate surface area is 213 Å². The van der Waals surface area contributed by atoms with Crippen molar-refractivity contribution in [1.29, 1.82) is 0 Å². The van der Waals surface area contributed by atoms with E-state index in [-0.39, 0.29) is 23.0 Å². The van der Waals surface area contributed by atoms with E-state index in [1.807, 2.05) is 50.2 Å². The zero-order valence-corrected chi connectivity index (χ0v) is 21.3. The summed E-state index contributed by atoms with van der Waals surface area (Å²) >= 11 is 8.68. The maximum atomic E-state index is 12.8. The van der Waals surface area contributed by atoms with Crippen molar-refractivity contribution in [2.45, 2.75) is 26.3 Å². The summed E-state index contributed by atoms with van der Waals surface area (Å²) in [6, 6.07) is 21.8. The Bertz CT molecular complexity index is 1150. The fourth-order valence-electron chi connectivity index (χ4n) is 3.16. The minimum absolute atomic E-state index is 0.112. The van der Waals surface area contributed by atoms with Gasteiger partial charge >= 0.3 is 0 Å². The number of carbonyl (C=O) groups is 2. The third-order valence-electron chi connectivity index (χ3n) is 4.93. The van der Waals surface area contributed by atoms with Gasteiger partial charge in [0.2, 0.25) is 0 Å². The number of ether oxygens (including phenoxy) is 1. The first-order valence-electron chi connectivity index (χ1n) is 10.9. The van der Waals surface area contributed by atoms with E-state index >= 15 is 0 Å². The highest BCUT2D eigenvalue weighted by molar-refractivity contribution is 9.10. The third kappa shape index (κ3) is 7.13. The van der Waals surface area contributed by atoms with Gasteiger partial charge in [-0.05, 0) is 73.6 Å². The van der Waals surface area contributed by atoms with E-state index in [1.54, 1.807) is 36.4 Å². The Kier molecular flexibility index (Phi) is 9.18. The molecule has 0 aliphatic carbocycles. The molecule has 0 spiro atoms. The van der Waals surface area contributed by atoms with Crippen LogP contribution >= 0.6 is 28.1 Å². The summed E-state index contributed by atoms with van der Waals surface area (Å²) in [6.45, 7) is 4.44. The van der Waals surface area contributed by atoms with Crippen LogP contribution in [0.15, 0.2) is 77.3 Å². The molecule has 0 radical (unpaired) electrons. The summed E-state index contributed by atoms with van der Waals surface area (Å²) in [5, 5.41) is 8.76. The maximum Gasteiger partial charge on any atom is 0.261 e. The lowest BCUT2D eigenvalue weighted by Gasteiger charge is -2.15. The van der Waals surface area contributed by atoms with Gasteiger partial charge in [0.15, 0.2) is 5.11 Å². The molecule has 8 heteroatoms. The molecule has 0 aliphatic heterocycles. The summed E-state index contributed by atoms with van der Waals surface area (Å²) < 4.78 is 6.43. The van der Waals surface area contributed by atoms with Crippen LogP contribution in [-0.2, 0) is 0 Å². The molecule has 0 bridgehead atoms. The quantitative estimate of drug-likeness (QED) is 0.312. The number of halogens is 1. The predicted octanol–water partition coefficient (Wildman–Crippen LogP) is 5.86. The minimum Gasteiger partial charge on any atom is -0.493 e. The van der Waals surface area contributed by atoms with Gasteiger partial charge in [0, 0.05) is 15.7 Å². The van der Waals surface area contributed by atoms with Crippen LogP contribution in [0.5, 0.6) is 5.75 Å². The van der Waals surface area contributed by atoms with Crippen molar-refractivity contribution in [2.75, 3.05) is 11.9 Å². The van der Waals surface area contributed by atoms with E-state index < -0.39 is 0 Å². The van der Waals surface area contributed by atoms with Gasteiger partial charge in [-0.3, -0.25) is 14.9 Å². The topological polar surface area (TPSA) is 79.5 Å². The van der Waals surface area contributed by atoms with Crippen molar-refractivity contribution < 1.29 is 14.3 Å². The molecule has 34 heavy (non-hydrogen) atoms. The van der Waals surface area contributed by atoms with Crippen LogP contribution in [0, 0.1) is 0 Å². The molecule has 3 N–H and O–H groups in total. The molecule has 6 nitrogen and oxygen atoms in total. The van der Waals surface area contributed by atoms with E-state index in [9.17, 15) is 9.59 Å². The number of benzene rings is 3. The van der Waals surface area contributed by atoms with Gasteiger partial charge in [0.25, 0.3) is 11.8 Å². The standard InChI is InChI=1S/C26H26BrN3O3S/c1-3-15-33-23-14-11-20(27)16-22(23)25(32)30-26(34)29-21-12-9-19(10-13-21)24(31)28-17(2)18-7-5-4-6-8-18/h4-14,16-17H,3,15H2,1-2H3,(H,28,31)(H2,29,30,32,34). The number of thiocarbonyl (C=S) groups is 1. The second kappa shape index (κ2) is 12.3. The van der Waals surface area contributed by atoms with Crippen molar-refractivity contribution in [1.82, 2.24) is 10.6 Å². The second-order valence-corrected chi connectivity index (χ2v) is 8.90. The van der Waals surface area contributed by atoms with Gasteiger partial charge in [0.05, 0.1) is 18.2 Å². The van der Waals surface area contributed by atoms with E-state index in [2.05, 4.69) is 31.9 Å². The maximum absolute atomic E-state index is 12.8. The molecule has 0 aromatic heterocycles. The predicted molar refractivity (Wildman–Crippen MR) is 142 cm³/mol. The summed E-state index contributed by atoms with van der Waals surface area (Å²) in [7, 11) is 0. The number of anilines is 1. The van der Waals surface area contributed by atoms with Gasteiger partial charge in [-0.2, -0.15) is 0 Å². The molecule has 0 fully saturated rings. The lowest BCUT2D eigenvalue weighted by Crippen LogP contribution is -2.34. The Morgan fingerprint density at radius 3 is 2.38 bits per heavy atom. The second-order valence-electron chi connectivity index (χ2n) is 7.58. The summed E-state index contributed by atoms with van der Waals surface area (Å²) in [5.41, 5.74) is 2.58. The first-order valence-corrected chi connectivity index (χ1v) is 12.1. The SMILES string of the molecule is CCCOc1ccc(Br)cc1C(=O)NC(=S)Nc1ccc(C(=O)NC(C)c2ccccc2)cc1. The number of amides is 2. The molecule has 3 aromatic carbocycles. The lowest BCUT2D eigenvalue weighted by atomic mass is 10.1. The Hall–Kier alpha value is -3.23. The third-order valence-corrected chi connectivity index (χ3v) is 5.62. The Balaban J connectivity index is 1.58. The number of hydrogen-bond acceptors (Lipinski definition) is 4. The normalized spacial score (nSPS) is 11.3. The Morgan fingerprint density at radius 1 is 1.00 bits per heavy atom. The van der Waals surface area contributed by atoms with Crippen molar-refractivity contribution >= 4 is 50.8 Å². The van der Waals surface area contributed by atoms with Crippen LogP contribution in [0.2, 0.25) is 0 Å². The zero-order chi connectivity index (χ0) is 24.5. The van der Waals surface area contributed by atoms with Crippen molar-refractivity contribution in [3.05, 3.63) is 94.0 Å². The van der Waals surface area contributed by atoms with Crippen LogP contribution in [0.4, 0.5) is 5.69 Å².